The van der Waals surface area contributed by atoms with Gasteiger partial charge in [-0.3, -0.25) is 4.79 Å². The molecule has 1 aliphatic heterocycles. The van der Waals surface area contributed by atoms with E-state index in [0.717, 1.165) is 40.1 Å². The lowest BCUT2D eigenvalue weighted by Gasteiger charge is -2.10. The van der Waals surface area contributed by atoms with E-state index in [0.29, 0.717) is 16.6 Å². The number of benzene rings is 2. The number of H-pyrrole nitrogens is 1. The third kappa shape index (κ3) is 4.06. The summed E-state index contributed by atoms with van der Waals surface area (Å²) >= 11 is 6.57. The van der Waals surface area contributed by atoms with Gasteiger partial charge in [-0.25, -0.2) is 27.3 Å². The van der Waals surface area contributed by atoms with Crippen LogP contribution in [-0.4, -0.2) is 30.5 Å². The Morgan fingerprint density at radius 1 is 1.09 bits per heavy atom. The summed E-state index contributed by atoms with van der Waals surface area (Å²) in [5, 5.41) is 6.00. The van der Waals surface area contributed by atoms with E-state index >= 15 is 0 Å². The molecule has 10 nitrogen and oxygen atoms in total. The zero-order chi connectivity index (χ0) is 24.0. The number of carbonyl (C=O) groups is 1. The molecular formula is C21H16ClN5O5S2. The quantitative estimate of drug-likeness (QED) is 0.328. The highest BCUT2D eigenvalue weighted by molar-refractivity contribution is 7.92. The molecular weight excluding hydrogens is 502 g/mol. The van der Waals surface area contributed by atoms with Crippen LogP contribution in [0.3, 0.4) is 0 Å². The van der Waals surface area contributed by atoms with Crippen molar-refractivity contribution < 1.29 is 13.2 Å². The van der Waals surface area contributed by atoms with Crippen molar-refractivity contribution in [3.63, 3.8) is 0 Å². The van der Waals surface area contributed by atoms with Crippen LogP contribution >= 0.6 is 22.9 Å². The van der Waals surface area contributed by atoms with Gasteiger partial charge >= 0.3 is 11.7 Å². The molecule has 34 heavy (non-hydrogen) atoms. The molecule has 0 bridgehead atoms. The minimum Gasteiger partial charge on any atom is -0.384 e. The first-order valence-corrected chi connectivity index (χ1v) is 12.6. The van der Waals surface area contributed by atoms with Crippen LogP contribution in [0, 0.1) is 0 Å². The van der Waals surface area contributed by atoms with E-state index in [4.69, 9.17) is 11.6 Å². The number of aromatic amines is 1. The molecule has 0 atom stereocenters. The van der Waals surface area contributed by atoms with Gasteiger partial charge in [-0.2, -0.15) is 0 Å². The third-order valence-corrected chi connectivity index (χ3v) is 8.31. The lowest BCUT2D eigenvalue weighted by Crippen LogP contribution is -2.34. The molecule has 0 aliphatic carbocycles. The fourth-order valence-electron chi connectivity index (χ4n) is 3.71. The topological polar surface area (TPSA) is 142 Å². The summed E-state index contributed by atoms with van der Waals surface area (Å²) in [5.74, 6) is 0. The van der Waals surface area contributed by atoms with Crippen molar-refractivity contribution in [3.05, 3.63) is 79.3 Å². The highest BCUT2D eigenvalue weighted by Gasteiger charge is 2.20. The number of sulfonamides is 1. The lowest BCUT2D eigenvalue weighted by atomic mass is 10.1. The first-order valence-electron chi connectivity index (χ1n) is 9.97. The summed E-state index contributed by atoms with van der Waals surface area (Å²) in [6, 6.07) is 11.1. The molecule has 0 radical (unpaired) electrons. The van der Waals surface area contributed by atoms with Gasteiger partial charge in [-0.1, -0.05) is 11.6 Å². The number of halogens is 1. The van der Waals surface area contributed by atoms with E-state index in [-0.39, 0.29) is 14.2 Å². The second-order valence-electron chi connectivity index (χ2n) is 7.47. The zero-order valence-electron chi connectivity index (χ0n) is 17.2. The smallest absolute Gasteiger partial charge is 0.333 e. The Hall–Kier alpha value is -3.61. The molecule has 2 amide bonds. The maximum Gasteiger partial charge on any atom is 0.333 e. The third-order valence-electron chi connectivity index (χ3n) is 5.26. The second kappa shape index (κ2) is 8.31. The average molecular weight is 518 g/mol. The van der Waals surface area contributed by atoms with Crippen LogP contribution in [0.25, 0.3) is 16.6 Å². The molecule has 4 aromatic rings. The molecule has 0 spiro atoms. The van der Waals surface area contributed by atoms with E-state index in [1.165, 1.54) is 36.4 Å². The maximum absolute atomic E-state index is 13.1. The van der Waals surface area contributed by atoms with Crippen LogP contribution in [0.5, 0.6) is 0 Å². The molecule has 13 heteroatoms. The normalized spacial score (nSPS) is 12.9. The van der Waals surface area contributed by atoms with Crippen molar-refractivity contribution >= 4 is 61.3 Å². The predicted molar refractivity (Wildman–Crippen MR) is 131 cm³/mol. The summed E-state index contributed by atoms with van der Waals surface area (Å²) < 4.78 is 27.6. The number of thiophene rings is 1. The van der Waals surface area contributed by atoms with Gasteiger partial charge in [-0.05, 0) is 60.5 Å². The molecule has 3 heterocycles. The number of hydrogen-bond donors (Lipinski definition) is 4. The minimum absolute atomic E-state index is 0.0978. The van der Waals surface area contributed by atoms with Crippen molar-refractivity contribution in [1.82, 2.24) is 14.3 Å². The van der Waals surface area contributed by atoms with E-state index in [2.05, 4.69) is 15.6 Å². The number of fused-ring (bicyclic) bond motifs is 2. The van der Waals surface area contributed by atoms with Gasteiger partial charge in [0, 0.05) is 17.9 Å². The van der Waals surface area contributed by atoms with Crippen LogP contribution in [0.2, 0.25) is 4.34 Å². The maximum atomic E-state index is 13.1. The molecule has 4 N–H and O–H groups in total. The Bertz CT molecular complexity index is 1670. The summed E-state index contributed by atoms with van der Waals surface area (Å²) in [6.45, 7) is 0.772. The van der Waals surface area contributed by atoms with Crippen molar-refractivity contribution in [2.45, 2.75) is 10.6 Å². The highest BCUT2D eigenvalue weighted by Crippen LogP contribution is 2.26. The van der Waals surface area contributed by atoms with Gasteiger partial charge in [0.1, 0.15) is 4.21 Å². The number of hydrogen-bond acceptors (Lipinski definition) is 7. The fraction of sp³-hybridized carbons (Fsp3) is 0.0952. The number of nitrogens with one attached hydrogen (secondary N) is 4. The number of urea groups is 1. The van der Waals surface area contributed by atoms with E-state index in [1.807, 2.05) is 4.72 Å². The molecule has 2 aromatic carbocycles. The monoisotopic (exact) mass is 517 g/mol. The van der Waals surface area contributed by atoms with E-state index in [9.17, 15) is 22.8 Å². The molecule has 0 fully saturated rings. The summed E-state index contributed by atoms with van der Waals surface area (Å²) in [5.41, 5.74) is 1.84. The molecule has 0 saturated carbocycles. The molecule has 5 rings (SSSR count). The standard InChI is InChI=1S/C21H16ClN5O5S2/c22-17-5-6-18(33-17)34(31,32)26-20(29)24-12-1-3-13(4-2-12)27-19(28)14-9-11-7-8-23-15(11)10-16(14)25-21(27)30/h1-6,9-10,23H,7-8H2,(H,25,30)(H2,24,26,29). The van der Waals surface area contributed by atoms with Gasteiger partial charge in [0.05, 0.1) is 20.9 Å². The van der Waals surface area contributed by atoms with Crippen LogP contribution in [0.15, 0.2) is 62.3 Å². The molecule has 174 valence electrons. The number of anilines is 2. The fourth-order valence-corrected chi connectivity index (χ4v) is 6.10. The van der Waals surface area contributed by atoms with Crippen LogP contribution in [-0.2, 0) is 16.4 Å². The summed E-state index contributed by atoms with van der Waals surface area (Å²) in [7, 11) is -4.07. The largest absolute Gasteiger partial charge is 0.384 e. The Labute approximate surface area is 201 Å². The Morgan fingerprint density at radius 2 is 1.85 bits per heavy atom. The molecule has 0 saturated heterocycles. The number of rotatable bonds is 4. The van der Waals surface area contributed by atoms with Crippen molar-refractivity contribution in [3.8, 4) is 5.69 Å². The van der Waals surface area contributed by atoms with Gasteiger partial charge in [0.25, 0.3) is 15.6 Å². The Kier molecular flexibility index (Phi) is 5.42. The van der Waals surface area contributed by atoms with Gasteiger partial charge in [0.15, 0.2) is 0 Å². The first kappa shape index (κ1) is 22.2. The molecule has 0 unspecified atom stereocenters. The summed E-state index contributed by atoms with van der Waals surface area (Å²) in [4.78, 5) is 40.6. The molecule has 1 aliphatic rings. The number of nitrogens with zero attached hydrogens (tertiary/aromatic N) is 1. The zero-order valence-corrected chi connectivity index (χ0v) is 19.6. The predicted octanol–water partition coefficient (Wildman–Crippen LogP) is 2.87. The second-order valence-corrected chi connectivity index (χ2v) is 11.1. The minimum atomic E-state index is -4.07. The van der Waals surface area contributed by atoms with Crippen LogP contribution < -0.4 is 26.6 Å². The Balaban J connectivity index is 1.39. The Morgan fingerprint density at radius 3 is 2.56 bits per heavy atom. The van der Waals surface area contributed by atoms with Gasteiger partial charge < -0.3 is 15.6 Å². The number of carbonyl (C=O) groups excluding carboxylic acids is 1. The van der Waals surface area contributed by atoms with Gasteiger partial charge in [-0.15, -0.1) is 11.3 Å². The number of amides is 2. The highest BCUT2D eigenvalue weighted by atomic mass is 35.5. The van der Waals surface area contributed by atoms with Crippen molar-refractivity contribution in [2.24, 2.45) is 0 Å². The average Bonchev–Trinajstić information content (AvgIpc) is 3.42. The van der Waals surface area contributed by atoms with Crippen molar-refractivity contribution in [2.75, 3.05) is 17.2 Å². The number of aromatic nitrogens is 2. The lowest BCUT2D eigenvalue weighted by molar-refractivity contribution is 0.256. The van der Waals surface area contributed by atoms with Crippen LogP contribution in [0.1, 0.15) is 5.56 Å². The first-order chi connectivity index (χ1) is 16.2. The SMILES string of the molecule is O=C(Nc1ccc(-n2c(=O)[nH]c3cc4c(cc3c2=O)CCN4)cc1)NS(=O)(=O)c1ccc(Cl)s1. The summed E-state index contributed by atoms with van der Waals surface area (Å²) in [6.07, 6.45) is 0.793. The molecule has 2 aromatic heterocycles. The van der Waals surface area contributed by atoms with Gasteiger partial charge in [0.2, 0.25) is 0 Å². The van der Waals surface area contributed by atoms with E-state index in [1.54, 1.807) is 12.1 Å². The van der Waals surface area contributed by atoms with E-state index < -0.39 is 27.3 Å². The van der Waals surface area contributed by atoms with Crippen molar-refractivity contribution in [1.29, 1.82) is 0 Å². The van der Waals surface area contributed by atoms with Crippen LogP contribution in [0.4, 0.5) is 16.2 Å².